The van der Waals surface area contributed by atoms with Crippen molar-refractivity contribution in [3.05, 3.63) is 71.5 Å². The van der Waals surface area contributed by atoms with Crippen molar-refractivity contribution in [2.24, 2.45) is 5.92 Å². The van der Waals surface area contributed by atoms with Gasteiger partial charge in [-0.05, 0) is 42.0 Å². The lowest BCUT2D eigenvalue weighted by Gasteiger charge is -2.15. The van der Waals surface area contributed by atoms with Gasteiger partial charge in [0.05, 0.1) is 17.4 Å². The highest BCUT2D eigenvalue weighted by atomic mass is 16.2. The lowest BCUT2D eigenvalue weighted by molar-refractivity contribution is -0.125. The van der Waals surface area contributed by atoms with E-state index in [1.807, 2.05) is 30.5 Å². The van der Waals surface area contributed by atoms with Gasteiger partial charge < -0.3 is 9.55 Å². The number of rotatable bonds is 3. The minimum atomic E-state index is -0.467. The Hall–Kier alpha value is -3.34. The number of aromatic amines is 1. The Kier molecular flexibility index (Phi) is 3.48. The van der Waals surface area contributed by atoms with Gasteiger partial charge in [0.25, 0.3) is 0 Å². The molecule has 0 radical (unpaired) electrons. The van der Waals surface area contributed by atoms with E-state index < -0.39 is 11.8 Å². The number of aromatic nitrogens is 2. The highest BCUT2D eigenvalue weighted by Crippen LogP contribution is 2.38. The van der Waals surface area contributed by atoms with Crippen LogP contribution in [0.5, 0.6) is 0 Å². The first-order valence-corrected chi connectivity index (χ1v) is 10.2. The first-order chi connectivity index (χ1) is 14.2. The van der Waals surface area contributed by atoms with Gasteiger partial charge >= 0.3 is 0 Å². The molecule has 5 nitrogen and oxygen atoms in total. The van der Waals surface area contributed by atoms with Crippen molar-refractivity contribution >= 4 is 33.6 Å². The molecule has 2 aromatic carbocycles. The van der Waals surface area contributed by atoms with E-state index in [1.54, 1.807) is 0 Å². The zero-order valence-corrected chi connectivity index (χ0v) is 15.9. The molecule has 2 aliphatic heterocycles. The smallest absolute Gasteiger partial charge is 0.235 e. The predicted molar refractivity (Wildman–Crippen MR) is 112 cm³/mol. The zero-order chi connectivity index (χ0) is 19.5. The quantitative estimate of drug-likeness (QED) is 0.530. The molecule has 29 heavy (non-hydrogen) atoms. The fourth-order valence-electron chi connectivity index (χ4n) is 5.28. The molecule has 144 valence electrons. The van der Waals surface area contributed by atoms with Gasteiger partial charge in [-0.15, -0.1) is 0 Å². The van der Waals surface area contributed by atoms with Gasteiger partial charge in [0.1, 0.15) is 0 Å². The number of imide groups is 1. The Balaban J connectivity index is 1.45. The summed E-state index contributed by atoms with van der Waals surface area (Å²) in [5.41, 5.74) is 5.72. The minimum Gasteiger partial charge on any atom is -0.361 e. The maximum absolute atomic E-state index is 12.8. The maximum atomic E-state index is 12.8. The number of H-pyrrole nitrogens is 1. The molecular formula is C24H21N3O2. The van der Waals surface area contributed by atoms with Crippen molar-refractivity contribution in [2.75, 3.05) is 0 Å². The summed E-state index contributed by atoms with van der Waals surface area (Å²) in [5.74, 6) is -1.23. The average Bonchev–Trinajstić information content (AvgIpc) is 3.38. The van der Waals surface area contributed by atoms with Gasteiger partial charge in [-0.3, -0.25) is 14.9 Å². The van der Waals surface area contributed by atoms with E-state index in [1.165, 1.54) is 16.5 Å². The SMILES string of the molecule is O=C1NC(=O)C(c2c[nH]c3ccccc23)C1Cc1cn2c3c(cccc13)CCC2. The molecule has 0 saturated carbocycles. The van der Waals surface area contributed by atoms with E-state index in [0.717, 1.165) is 41.4 Å². The number of fused-ring (bicyclic) bond motifs is 1. The van der Waals surface area contributed by atoms with Crippen molar-refractivity contribution in [3.8, 4) is 0 Å². The molecule has 6 rings (SSSR count). The van der Waals surface area contributed by atoms with E-state index in [2.05, 4.69) is 39.3 Å². The summed E-state index contributed by atoms with van der Waals surface area (Å²) in [4.78, 5) is 28.8. The number of hydrogen-bond acceptors (Lipinski definition) is 2. The maximum Gasteiger partial charge on any atom is 0.235 e. The number of nitrogens with zero attached hydrogens (tertiary/aromatic N) is 1. The van der Waals surface area contributed by atoms with Crippen molar-refractivity contribution in [1.29, 1.82) is 0 Å². The van der Waals surface area contributed by atoms with Crippen LogP contribution < -0.4 is 5.32 Å². The minimum absolute atomic E-state index is 0.169. The van der Waals surface area contributed by atoms with E-state index in [4.69, 9.17) is 0 Å². The molecule has 2 aromatic heterocycles. The number of nitrogens with one attached hydrogen (secondary N) is 2. The van der Waals surface area contributed by atoms with Crippen LogP contribution >= 0.6 is 0 Å². The zero-order valence-electron chi connectivity index (χ0n) is 15.9. The number of para-hydroxylation sites is 2. The van der Waals surface area contributed by atoms with Crippen LogP contribution in [-0.4, -0.2) is 21.4 Å². The van der Waals surface area contributed by atoms with Crippen LogP contribution in [0.4, 0.5) is 0 Å². The van der Waals surface area contributed by atoms with Gasteiger partial charge in [0.2, 0.25) is 11.8 Å². The van der Waals surface area contributed by atoms with E-state index >= 15 is 0 Å². The molecule has 0 bridgehead atoms. The Bertz CT molecular complexity index is 1300. The summed E-state index contributed by atoms with van der Waals surface area (Å²) in [7, 11) is 0. The number of aryl methyl sites for hydroxylation is 2. The molecule has 4 aromatic rings. The summed E-state index contributed by atoms with van der Waals surface area (Å²) in [6, 6.07) is 14.4. The summed E-state index contributed by atoms with van der Waals surface area (Å²) in [5, 5.41) is 4.81. The molecular weight excluding hydrogens is 362 g/mol. The molecule has 2 atom stereocenters. The average molecular weight is 383 g/mol. The van der Waals surface area contributed by atoms with E-state index in [0.29, 0.717) is 6.42 Å². The molecule has 0 spiro atoms. The van der Waals surface area contributed by atoms with Crippen LogP contribution in [-0.2, 0) is 29.0 Å². The molecule has 0 aliphatic carbocycles. The molecule has 2 aliphatic rings. The third-order valence-corrected chi connectivity index (χ3v) is 6.57. The molecule has 2 unspecified atom stereocenters. The molecule has 1 saturated heterocycles. The summed E-state index contributed by atoms with van der Waals surface area (Å²) < 4.78 is 2.32. The summed E-state index contributed by atoms with van der Waals surface area (Å²) in [6.07, 6.45) is 6.88. The first kappa shape index (κ1) is 16.6. The normalized spacial score (nSPS) is 21.2. The third kappa shape index (κ3) is 2.40. The number of carbonyl (C=O) groups excluding carboxylic acids is 2. The fourth-order valence-corrected chi connectivity index (χ4v) is 5.28. The molecule has 2 amide bonds. The van der Waals surface area contributed by atoms with Crippen molar-refractivity contribution in [3.63, 3.8) is 0 Å². The second kappa shape index (κ2) is 6.08. The van der Waals surface area contributed by atoms with Crippen LogP contribution in [0, 0.1) is 5.92 Å². The molecule has 5 heteroatoms. The highest BCUT2D eigenvalue weighted by molar-refractivity contribution is 6.09. The van der Waals surface area contributed by atoms with Gasteiger partial charge in [-0.1, -0.05) is 36.4 Å². The summed E-state index contributed by atoms with van der Waals surface area (Å²) >= 11 is 0. The topological polar surface area (TPSA) is 66.9 Å². The third-order valence-electron chi connectivity index (χ3n) is 6.57. The van der Waals surface area contributed by atoms with E-state index in [9.17, 15) is 9.59 Å². The van der Waals surface area contributed by atoms with Crippen LogP contribution in [0.2, 0.25) is 0 Å². The second-order valence-corrected chi connectivity index (χ2v) is 8.20. The summed E-state index contributed by atoms with van der Waals surface area (Å²) in [6.45, 7) is 1.01. The van der Waals surface area contributed by atoms with Crippen molar-refractivity contribution in [2.45, 2.75) is 31.7 Å². The lowest BCUT2D eigenvalue weighted by atomic mass is 9.83. The van der Waals surface area contributed by atoms with Crippen molar-refractivity contribution < 1.29 is 9.59 Å². The molecule has 4 heterocycles. The number of benzene rings is 2. The van der Waals surface area contributed by atoms with Crippen LogP contribution in [0.1, 0.15) is 29.0 Å². The molecule has 1 fully saturated rings. The Morgan fingerprint density at radius 3 is 2.79 bits per heavy atom. The molecule has 2 N–H and O–H groups in total. The number of hydrogen-bond donors (Lipinski definition) is 2. The Morgan fingerprint density at radius 2 is 1.86 bits per heavy atom. The van der Waals surface area contributed by atoms with Crippen LogP contribution in [0.25, 0.3) is 21.8 Å². The number of carbonyl (C=O) groups is 2. The van der Waals surface area contributed by atoms with Gasteiger partial charge in [0, 0.05) is 35.2 Å². The number of amides is 2. The Labute approximate surface area is 167 Å². The van der Waals surface area contributed by atoms with Crippen LogP contribution in [0.3, 0.4) is 0 Å². The van der Waals surface area contributed by atoms with Gasteiger partial charge in [-0.25, -0.2) is 0 Å². The second-order valence-electron chi connectivity index (χ2n) is 8.20. The fraction of sp³-hybridized carbons (Fsp3) is 0.250. The van der Waals surface area contributed by atoms with Gasteiger partial charge in [-0.2, -0.15) is 0 Å². The largest absolute Gasteiger partial charge is 0.361 e. The van der Waals surface area contributed by atoms with Crippen LogP contribution in [0.15, 0.2) is 54.9 Å². The van der Waals surface area contributed by atoms with E-state index in [-0.39, 0.29) is 11.8 Å². The lowest BCUT2D eigenvalue weighted by Crippen LogP contribution is -2.22. The van der Waals surface area contributed by atoms with Crippen molar-refractivity contribution in [1.82, 2.24) is 14.9 Å². The standard InChI is InChI=1S/C24H21N3O2/c28-23-18(11-15-13-27-10-4-6-14-5-3-8-16(15)22(14)27)21(24(29)26-23)19-12-25-20-9-2-1-7-17(19)20/h1-3,5,7-9,12-13,18,21,25H,4,6,10-11H2,(H,26,28,29). The highest BCUT2D eigenvalue weighted by Gasteiger charge is 2.43. The monoisotopic (exact) mass is 383 g/mol. The van der Waals surface area contributed by atoms with Gasteiger partial charge in [0.15, 0.2) is 0 Å². The predicted octanol–water partition coefficient (Wildman–Crippen LogP) is 3.67. The first-order valence-electron chi connectivity index (χ1n) is 10.2. The Morgan fingerprint density at radius 1 is 1.00 bits per heavy atom.